The number of amides is 1. The van der Waals surface area contributed by atoms with Crippen LogP contribution in [0.1, 0.15) is 27.0 Å². The van der Waals surface area contributed by atoms with Crippen LogP contribution < -0.4 is 9.47 Å². The van der Waals surface area contributed by atoms with Gasteiger partial charge in [0.15, 0.2) is 6.61 Å². The molecule has 4 aromatic carbocycles. The number of carboxylic acid groups (broad SMARTS) is 1. The van der Waals surface area contributed by atoms with Crippen LogP contribution in [0.25, 0.3) is 0 Å². The molecule has 0 aromatic heterocycles. The minimum atomic E-state index is -1.04. The van der Waals surface area contributed by atoms with Gasteiger partial charge in [-0.15, -0.1) is 0 Å². The predicted octanol–water partition coefficient (Wildman–Crippen LogP) is 6.14. The molecule has 1 N–H and O–H groups in total. The lowest BCUT2D eigenvalue weighted by Crippen LogP contribution is -2.32. The summed E-state index contributed by atoms with van der Waals surface area (Å²) in [7, 11) is 0. The van der Waals surface area contributed by atoms with Gasteiger partial charge in [-0.3, -0.25) is 4.79 Å². The van der Waals surface area contributed by atoms with E-state index in [2.05, 4.69) is 12.1 Å². The van der Waals surface area contributed by atoms with E-state index >= 15 is 0 Å². The lowest BCUT2D eigenvalue weighted by molar-refractivity contribution is -0.139. The van der Waals surface area contributed by atoms with E-state index in [-0.39, 0.29) is 5.91 Å². The first kappa shape index (κ1) is 25.5. The number of ether oxygens (including phenoxy) is 2. The predicted molar refractivity (Wildman–Crippen MR) is 142 cm³/mol. The Morgan fingerprint density at radius 3 is 2.14 bits per heavy atom. The van der Waals surface area contributed by atoms with Gasteiger partial charge in [0.2, 0.25) is 0 Å². The van der Waals surface area contributed by atoms with E-state index in [1.54, 1.807) is 42.5 Å². The number of hydrogen-bond acceptors (Lipinski definition) is 4. The van der Waals surface area contributed by atoms with Crippen LogP contribution in [-0.2, 0) is 17.8 Å². The second-order valence-corrected chi connectivity index (χ2v) is 8.69. The fourth-order valence-corrected chi connectivity index (χ4v) is 3.96. The molecule has 0 heterocycles. The molecule has 0 spiro atoms. The summed E-state index contributed by atoms with van der Waals surface area (Å²) in [5.41, 5.74) is 3.54. The Bertz CT molecular complexity index is 1340. The molecule has 188 valence electrons. The van der Waals surface area contributed by atoms with Crippen molar-refractivity contribution in [1.82, 2.24) is 4.90 Å². The fraction of sp³-hybridized carbons (Fsp3) is 0.161. The van der Waals surface area contributed by atoms with Gasteiger partial charge in [0.05, 0.1) is 0 Å². The molecule has 0 atom stereocenters. The van der Waals surface area contributed by atoms with E-state index in [4.69, 9.17) is 14.6 Å². The second-order valence-electron chi connectivity index (χ2n) is 8.69. The number of aliphatic carboxylic acids is 1. The van der Waals surface area contributed by atoms with Gasteiger partial charge < -0.3 is 19.5 Å². The van der Waals surface area contributed by atoms with Gasteiger partial charge in [-0.05, 0) is 66.4 Å². The van der Waals surface area contributed by atoms with E-state index in [1.807, 2.05) is 60.4 Å². The molecular formula is C31H29NO5. The summed E-state index contributed by atoms with van der Waals surface area (Å²) in [5.74, 6) is 0.473. The Morgan fingerprint density at radius 1 is 0.784 bits per heavy atom. The highest BCUT2D eigenvalue weighted by Crippen LogP contribution is 2.28. The minimum Gasteiger partial charge on any atom is -0.482 e. The van der Waals surface area contributed by atoms with Gasteiger partial charge in [-0.25, -0.2) is 4.79 Å². The number of rotatable bonds is 11. The topological polar surface area (TPSA) is 76.1 Å². The van der Waals surface area contributed by atoms with E-state index in [0.717, 1.165) is 17.5 Å². The van der Waals surface area contributed by atoms with Crippen LogP contribution in [-0.4, -0.2) is 35.0 Å². The zero-order chi connectivity index (χ0) is 26.0. The highest BCUT2D eigenvalue weighted by atomic mass is 16.5. The summed E-state index contributed by atoms with van der Waals surface area (Å²) in [4.78, 5) is 26.2. The minimum absolute atomic E-state index is 0.0705. The summed E-state index contributed by atoms with van der Waals surface area (Å²) < 4.78 is 11.3. The fourth-order valence-electron chi connectivity index (χ4n) is 3.96. The van der Waals surface area contributed by atoms with Crippen molar-refractivity contribution in [2.75, 3.05) is 13.2 Å². The third kappa shape index (κ3) is 7.45. The number of carbonyl (C=O) groups is 2. The molecular weight excluding hydrogens is 466 g/mol. The molecule has 0 radical (unpaired) electrons. The number of benzene rings is 4. The lowest BCUT2D eigenvalue weighted by atomic mass is 10.1. The van der Waals surface area contributed by atoms with Gasteiger partial charge in [-0.2, -0.15) is 0 Å². The van der Waals surface area contributed by atoms with Gasteiger partial charge in [0.1, 0.15) is 17.2 Å². The lowest BCUT2D eigenvalue weighted by Gasteiger charge is -2.23. The number of carbonyl (C=O) groups excluding carboxylic acids is 1. The normalized spacial score (nSPS) is 10.5. The molecule has 0 aliphatic heterocycles. The van der Waals surface area contributed by atoms with Crippen LogP contribution in [0.5, 0.6) is 17.2 Å². The monoisotopic (exact) mass is 495 g/mol. The molecule has 1 amide bonds. The van der Waals surface area contributed by atoms with Crippen LogP contribution >= 0.6 is 0 Å². The van der Waals surface area contributed by atoms with Gasteiger partial charge in [0, 0.05) is 18.7 Å². The maximum Gasteiger partial charge on any atom is 0.341 e. The summed E-state index contributed by atoms with van der Waals surface area (Å²) in [6.45, 7) is 2.50. The molecule has 0 unspecified atom stereocenters. The Kier molecular flexibility index (Phi) is 8.55. The quantitative estimate of drug-likeness (QED) is 0.271. The first-order valence-electron chi connectivity index (χ1n) is 12.1. The third-order valence-electron chi connectivity index (χ3n) is 5.83. The highest BCUT2D eigenvalue weighted by Gasteiger charge is 2.17. The van der Waals surface area contributed by atoms with Crippen molar-refractivity contribution < 1.29 is 24.2 Å². The molecule has 0 aliphatic rings. The maximum absolute atomic E-state index is 13.6. The molecule has 37 heavy (non-hydrogen) atoms. The third-order valence-corrected chi connectivity index (χ3v) is 5.83. The summed E-state index contributed by atoms with van der Waals surface area (Å²) in [6, 6.07) is 32.4. The zero-order valence-corrected chi connectivity index (χ0v) is 20.7. The SMILES string of the molecule is Cc1cc(Oc2cccc(C(=O)N(CCc3ccccc3)Cc3ccccc3)c2)ccc1OCC(=O)O. The van der Waals surface area contributed by atoms with Crippen molar-refractivity contribution in [2.45, 2.75) is 19.9 Å². The maximum atomic E-state index is 13.6. The standard InChI is InChI=1S/C31H29NO5/c1-23-19-28(15-16-29(23)36-22-30(33)34)37-27-14-8-13-26(20-27)31(35)32(21-25-11-6-3-7-12-25)18-17-24-9-4-2-5-10-24/h2-16,19-20H,17-18,21-22H2,1H3,(H,33,34). The van der Waals surface area contributed by atoms with Gasteiger partial charge >= 0.3 is 5.97 Å². The number of hydrogen-bond donors (Lipinski definition) is 1. The van der Waals surface area contributed by atoms with Crippen molar-refractivity contribution >= 4 is 11.9 Å². The van der Waals surface area contributed by atoms with E-state index in [0.29, 0.717) is 35.9 Å². The van der Waals surface area contributed by atoms with E-state index < -0.39 is 12.6 Å². The van der Waals surface area contributed by atoms with Crippen LogP contribution in [0, 0.1) is 6.92 Å². The molecule has 0 bridgehead atoms. The summed E-state index contributed by atoms with van der Waals surface area (Å²) >= 11 is 0. The van der Waals surface area contributed by atoms with E-state index in [9.17, 15) is 9.59 Å². The van der Waals surface area contributed by atoms with Crippen LogP contribution in [0.4, 0.5) is 0 Å². The van der Waals surface area contributed by atoms with Crippen molar-refractivity contribution in [2.24, 2.45) is 0 Å². The second kappa shape index (κ2) is 12.4. The van der Waals surface area contributed by atoms with Crippen LogP contribution in [0.2, 0.25) is 0 Å². The zero-order valence-electron chi connectivity index (χ0n) is 20.7. The molecule has 0 aliphatic carbocycles. The molecule has 6 heteroatoms. The highest BCUT2D eigenvalue weighted by molar-refractivity contribution is 5.94. The number of carboxylic acids is 1. The number of aryl methyl sites for hydroxylation is 1. The Hall–Kier alpha value is -4.58. The van der Waals surface area contributed by atoms with E-state index in [1.165, 1.54) is 5.56 Å². The van der Waals surface area contributed by atoms with Gasteiger partial charge in [0.25, 0.3) is 5.91 Å². The molecule has 4 rings (SSSR count). The largest absolute Gasteiger partial charge is 0.482 e. The Balaban J connectivity index is 1.49. The van der Waals surface area contributed by atoms with Crippen LogP contribution in [0.3, 0.4) is 0 Å². The average molecular weight is 496 g/mol. The van der Waals surface area contributed by atoms with Crippen molar-refractivity contribution in [1.29, 1.82) is 0 Å². The Labute approximate surface area is 216 Å². The summed E-state index contributed by atoms with van der Waals surface area (Å²) in [5, 5.41) is 8.82. The number of nitrogens with zero attached hydrogens (tertiary/aromatic N) is 1. The smallest absolute Gasteiger partial charge is 0.341 e. The van der Waals surface area contributed by atoms with Crippen molar-refractivity contribution in [3.05, 3.63) is 125 Å². The Morgan fingerprint density at radius 2 is 1.46 bits per heavy atom. The first-order valence-corrected chi connectivity index (χ1v) is 12.1. The molecule has 0 saturated heterocycles. The van der Waals surface area contributed by atoms with Crippen molar-refractivity contribution in [3.63, 3.8) is 0 Å². The average Bonchev–Trinajstić information content (AvgIpc) is 2.91. The van der Waals surface area contributed by atoms with Crippen molar-refractivity contribution in [3.8, 4) is 17.2 Å². The molecule has 0 saturated carbocycles. The molecule has 6 nitrogen and oxygen atoms in total. The van der Waals surface area contributed by atoms with Crippen LogP contribution in [0.15, 0.2) is 103 Å². The van der Waals surface area contributed by atoms with Gasteiger partial charge in [-0.1, -0.05) is 66.7 Å². The first-order chi connectivity index (χ1) is 18.0. The molecule has 0 fully saturated rings. The molecule has 4 aromatic rings. The summed E-state index contributed by atoms with van der Waals surface area (Å²) in [6.07, 6.45) is 0.755.